The van der Waals surface area contributed by atoms with E-state index in [4.69, 9.17) is 4.74 Å². The maximum Gasteiger partial charge on any atom is 0.321 e. The zero-order valence-electron chi connectivity index (χ0n) is 17.8. The van der Waals surface area contributed by atoms with Crippen LogP contribution in [-0.2, 0) is 9.59 Å². The number of rotatable bonds is 6. The molecule has 0 aliphatic carbocycles. The number of methoxy groups -OCH3 is 1. The molecule has 0 spiro atoms. The van der Waals surface area contributed by atoms with E-state index in [1.54, 1.807) is 43.3 Å². The van der Waals surface area contributed by atoms with Gasteiger partial charge in [0.25, 0.3) is 0 Å². The van der Waals surface area contributed by atoms with Crippen molar-refractivity contribution in [2.45, 2.75) is 12.8 Å². The smallest absolute Gasteiger partial charge is 0.321 e. The van der Waals surface area contributed by atoms with Crippen LogP contribution in [0.2, 0.25) is 0 Å². The minimum Gasteiger partial charge on any atom is -0.497 e. The second kappa shape index (κ2) is 10.5. The predicted octanol–water partition coefficient (Wildman–Crippen LogP) is 3.04. The molecule has 0 bridgehead atoms. The van der Waals surface area contributed by atoms with Gasteiger partial charge >= 0.3 is 6.03 Å². The van der Waals surface area contributed by atoms with Gasteiger partial charge in [-0.3, -0.25) is 9.59 Å². The molecule has 2 N–H and O–H groups in total. The summed E-state index contributed by atoms with van der Waals surface area (Å²) in [7, 11) is 3.21. The van der Waals surface area contributed by atoms with Gasteiger partial charge in [-0.05, 0) is 49.2 Å². The predicted molar refractivity (Wildman–Crippen MR) is 119 cm³/mol. The fourth-order valence-electron chi connectivity index (χ4n) is 3.53. The topological polar surface area (TPSA) is 91.0 Å². The molecule has 3 rings (SSSR count). The summed E-state index contributed by atoms with van der Waals surface area (Å²) in [5.41, 5.74) is 1.39. The third kappa shape index (κ3) is 6.21. The van der Waals surface area contributed by atoms with E-state index >= 15 is 0 Å². The molecule has 164 valence electrons. The van der Waals surface area contributed by atoms with Crippen molar-refractivity contribution in [2.75, 3.05) is 44.4 Å². The standard InChI is InChI=1S/C23H28N4O4/c1-26(16-21(28)24-19-8-10-20(31-2)11-9-19)22(29)17-12-14-27(15-13-17)23(30)25-18-6-4-3-5-7-18/h3-11,17H,12-16H2,1-2H3,(H,24,28)(H,25,30). The highest BCUT2D eigenvalue weighted by Gasteiger charge is 2.29. The molecule has 2 aromatic rings. The Labute approximate surface area is 182 Å². The summed E-state index contributed by atoms with van der Waals surface area (Å²) in [5.74, 6) is 0.169. The fraction of sp³-hybridized carbons (Fsp3) is 0.348. The third-order valence-corrected chi connectivity index (χ3v) is 5.29. The van der Waals surface area contributed by atoms with Gasteiger partial charge in [-0.2, -0.15) is 0 Å². The highest BCUT2D eigenvalue weighted by Crippen LogP contribution is 2.20. The normalized spacial score (nSPS) is 13.9. The highest BCUT2D eigenvalue weighted by atomic mass is 16.5. The van der Waals surface area contributed by atoms with Gasteiger partial charge in [-0.15, -0.1) is 0 Å². The van der Waals surface area contributed by atoms with Gasteiger partial charge in [-0.1, -0.05) is 18.2 Å². The van der Waals surface area contributed by atoms with Gasteiger partial charge in [0, 0.05) is 37.4 Å². The molecule has 1 aliphatic heterocycles. The Kier molecular flexibility index (Phi) is 7.48. The van der Waals surface area contributed by atoms with Gasteiger partial charge in [0.05, 0.1) is 13.7 Å². The van der Waals surface area contributed by atoms with Crippen molar-refractivity contribution in [2.24, 2.45) is 5.92 Å². The molecule has 1 saturated heterocycles. The molecule has 1 heterocycles. The number of amides is 4. The van der Waals surface area contributed by atoms with Crippen LogP contribution in [0.5, 0.6) is 5.75 Å². The van der Waals surface area contributed by atoms with Crippen LogP contribution in [0.25, 0.3) is 0 Å². The summed E-state index contributed by atoms with van der Waals surface area (Å²) in [4.78, 5) is 40.6. The van der Waals surface area contributed by atoms with Crippen LogP contribution in [0.3, 0.4) is 0 Å². The Morgan fingerprint density at radius 3 is 2.19 bits per heavy atom. The number of carbonyl (C=O) groups excluding carboxylic acids is 3. The van der Waals surface area contributed by atoms with E-state index in [0.717, 1.165) is 5.69 Å². The van der Waals surface area contributed by atoms with Crippen LogP contribution >= 0.6 is 0 Å². The first kappa shape index (κ1) is 22.1. The summed E-state index contributed by atoms with van der Waals surface area (Å²) in [6, 6.07) is 16.1. The summed E-state index contributed by atoms with van der Waals surface area (Å²) >= 11 is 0. The lowest BCUT2D eigenvalue weighted by Crippen LogP contribution is -2.46. The number of likely N-dealkylation sites (N-methyl/N-ethyl adjacent to an activating group) is 1. The van der Waals surface area contributed by atoms with E-state index < -0.39 is 0 Å². The van der Waals surface area contributed by atoms with Gasteiger partial charge in [0.15, 0.2) is 0 Å². The molecule has 4 amide bonds. The number of carbonyl (C=O) groups is 3. The Hall–Kier alpha value is -3.55. The maximum atomic E-state index is 12.7. The lowest BCUT2D eigenvalue weighted by Gasteiger charge is -2.33. The quantitative estimate of drug-likeness (QED) is 0.746. The number of benzene rings is 2. The molecule has 0 radical (unpaired) electrons. The summed E-state index contributed by atoms with van der Waals surface area (Å²) < 4.78 is 5.10. The highest BCUT2D eigenvalue weighted by molar-refractivity contribution is 5.95. The molecular formula is C23H28N4O4. The first-order valence-corrected chi connectivity index (χ1v) is 10.3. The summed E-state index contributed by atoms with van der Waals surface area (Å²) in [5, 5.41) is 5.64. The number of likely N-dealkylation sites (tertiary alicyclic amines) is 1. The summed E-state index contributed by atoms with van der Waals surface area (Å²) in [6.07, 6.45) is 1.15. The minimum absolute atomic E-state index is 0.0282. The molecule has 0 atom stereocenters. The zero-order chi connectivity index (χ0) is 22.2. The van der Waals surface area contributed by atoms with Crippen molar-refractivity contribution in [1.82, 2.24) is 9.80 Å². The van der Waals surface area contributed by atoms with Crippen LogP contribution in [0.15, 0.2) is 54.6 Å². The van der Waals surface area contributed by atoms with E-state index in [-0.39, 0.29) is 30.3 Å². The number of para-hydroxylation sites is 1. The maximum absolute atomic E-state index is 12.7. The molecular weight excluding hydrogens is 396 g/mol. The second-order valence-electron chi connectivity index (χ2n) is 7.53. The Morgan fingerprint density at radius 1 is 0.968 bits per heavy atom. The van der Waals surface area contributed by atoms with Crippen LogP contribution in [0, 0.1) is 5.92 Å². The Balaban J connectivity index is 1.43. The van der Waals surface area contributed by atoms with Gasteiger partial charge < -0.3 is 25.2 Å². The number of hydrogen-bond acceptors (Lipinski definition) is 4. The molecule has 1 fully saturated rings. The van der Waals surface area contributed by atoms with Crippen LogP contribution in [0.4, 0.5) is 16.2 Å². The van der Waals surface area contributed by atoms with E-state index in [1.807, 2.05) is 30.3 Å². The van der Waals surface area contributed by atoms with Crippen LogP contribution < -0.4 is 15.4 Å². The number of anilines is 2. The van der Waals surface area contributed by atoms with Gasteiger partial charge in [0.1, 0.15) is 5.75 Å². The van der Waals surface area contributed by atoms with Crippen molar-refractivity contribution in [3.05, 3.63) is 54.6 Å². The molecule has 8 heteroatoms. The fourth-order valence-corrected chi connectivity index (χ4v) is 3.53. The number of hydrogen-bond donors (Lipinski definition) is 2. The molecule has 2 aromatic carbocycles. The van der Waals surface area contributed by atoms with E-state index in [1.165, 1.54) is 4.90 Å². The SMILES string of the molecule is COc1ccc(NC(=O)CN(C)C(=O)C2CCN(C(=O)Nc3ccccc3)CC2)cc1. The molecule has 0 aromatic heterocycles. The van der Waals surface area contributed by atoms with Gasteiger partial charge in [-0.25, -0.2) is 4.79 Å². The van der Waals surface area contributed by atoms with E-state index in [2.05, 4.69) is 10.6 Å². The van der Waals surface area contributed by atoms with E-state index in [0.29, 0.717) is 37.4 Å². The number of nitrogens with zero attached hydrogens (tertiary/aromatic N) is 2. The first-order valence-electron chi connectivity index (χ1n) is 10.3. The van der Waals surface area contributed by atoms with Crippen molar-refractivity contribution in [3.8, 4) is 5.75 Å². The lowest BCUT2D eigenvalue weighted by molar-refractivity contribution is -0.138. The summed E-state index contributed by atoms with van der Waals surface area (Å²) in [6.45, 7) is 0.974. The van der Waals surface area contributed by atoms with Crippen molar-refractivity contribution >= 4 is 29.2 Å². The number of nitrogens with one attached hydrogen (secondary N) is 2. The molecule has 0 saturated carbocycles. The minimum atomic E-state index is -0.263. The molecule has 0 unspecified atom stereocenters. The number of piperidine rings is 1. The molecule has 1 aliphatic rings. The average Bonchev–Trinajstić information content (AvgIpc) is 2.79. The van der Waals surface area contributed by atoms with Crippen LogP contribution in [0.1, 0.15) is 12.8 Å². The van der Waals surface area contributed by atoms with Gasteiger partial charge in [0.2, 0.25) is 11.8 Å². The van der Waals surface area contributed by atoms with Crippen molar-refractivity contribution in [1.29, 1.82) is 0 Å². The Morgan fingerprint density at radius 2 is 1.58 bits per heavy atom. The largest absolute Gasteiger partial charge is 0.497 e. The average molecular weight is 425 g/mol. The molecule has 31 heavy (non-hydrogen) atoms. The monoisotopic (exact) mass is 424 g/mol. The van der Waals surface area contributed by atoms with Crippen molar-refractivity contribution < 1.29 is 19.1 Å². The molecule has 8 nitrogen and oxygen atoms in total. The number of ether oxygens (including phenoxy) is 1. The lowest BCUT2D eigenvalue weighted by atomic mass is 9.95. The third-order valence-electron chi connectivity index (χ3n) is 5.29. The number of urea groups is 1. The zero-order valence-corrected chi connectivity index (χ0v) is 17.8. The Bertz CT molecular complexity index is 894. The van der Waals surface area contributed by atoms with E-state index in [9.17, 15) is 14.4 Å². The van der Waals surface area contributed by atoms with Crippen LogP contribution in [-0.4, -0.2) is 61.4 Å². The first-order chi connectivity index (χ1) is 15.0. The second-order valence-corrected chi connectivity index (χ2v) is 7.53. The van der Waals surface area contributed by atoms with Crippen molar-refractivity contribution in [3.63, 3.8) is 0 Å².